The van der Waals surface area contributed by atoms with Gasteiger partial charge in [0.2, 0.25) is 0 Å². The first-order valence-electron chi connectivity index (χ1n) is 9.43. The Bertz CT molecular complexity index is 1130. The summed E-state index contributed by atoms with van der Waals surface area (Å²) in [4.78, 5) is 26.5. The fraction of sp³-hybridized carbons (Fsp3) is 0.0833. The Morgan fingerprint density at radius 1 is 1.07 bits per heavy atom. The van der Waals surface area contributed by atoms with Crippen LogP contribution >= 0.6 is 11.8 Å². The molecule has 1 aliphatic heterocycles. The maximum Gasteiger partial charge on any atom is 0.262 e. The summed E-state index contributed by atoms with van der Waals surface area (Å²) < 4.78 is 5.24. The Labute approximate surface area is 179 Å². The standard InChI is InChI=1S/C24H20N2O3S/c1-29-19-9-5-8-17(12-19)13-22-24(28)26-20-14-18(10-11-21(20)30-22)23(27)25-15-16-6-3-2-4-7-16/h2-14H,15H2,1H3,(H,25,27)(H,26,28)/b22-13+. The van der Waals surface area contributed by atoms with Crippen LogP contribution in [-0.2, 0) is 11.3 Å². The van der Waals surface area contributed by atoms with Crippen molar-refractivity contribution < 1.29 is 14.3 Å². The molecule has 0 bridgehead atoms. The van der Waals surface area contributed by atoms with Gasteiger partial charge in [0.1, 0.15) is 5.75 Å². The van der Waals surface area contributed by atoms with Crippen LogP contribution in [-0.4, -0.2) is 18.9 Å². The summed E-state index contributed by atoms with van der Waals surface area (Å²) in [5, 5.41) is 5.79. The highest BCUT2D eigenvalue weighted by molar-refractivity contribution is 8.04. The van der Waals surface area contributed by atoms with E-state index in [1.54, 1.807) is 19.2 Å². The average Bonchev–Trinajstić information content (AvgIpc) is 2.78. The molecule has 0 spiro atoms. The molecule has 30 heavy (non-hydrogen) atoms. The number of carbonyl (C=O) groups excluding carboxylic acids is 2. The second kappa shape index (κ2) is 8.88. The molecule has 0 saturated heterocycles. The van der Waals surface area contributed by atoms with Gasteiger partial charge in [-0.3, -0.25) is 9.59 Å². The van der Waals surface area contributed by atoms with E-state index in [1.165, 1.54) is 11.8 Å². The lowest BCUT2D eigenvalue weighted by atomic mass is 10.1. The van der Waals surface area contributed by atoms with Crippen molar-refractivity contribution in [2.45, 2.75) is 11.4 Å². The number of benzene rings is 3. The van der Waals surface area contributed by atoms with E-state index in [1.807, 2.05) is 66.7 Å². The molecule has 6 heteroatoms. The lowest BCUT2D eigenvalue weighted by molar-refractivity contribution is -0.112. The van der Waals surface area contributed by atoms with Crippen LogP contribution in [0.2, 0.25) is 0 Å². The van der Waals surface area contributed by atoms with Crippen LogP contribution < -0.4 is 15.4 Å². The minimum atomic E-state index is -0.197. The molecule has 0 aromatic heterocycles. The Hall–Kier alpha value is -3.51. The maximum absolute atomic E-state index is 12.6. The molecule has 0 fully saturated rings. The van der Waals surface area contributed by atoms with E-state index in [0.717, 1.165) is 21.8 Å². The van der Waals surface area contributed by atoms with E-state index in [0.29, 0.717) is 22.7 Å². The molecule has 4 rings (SSSR count). The third-order valence-corrected chi connectivity index (χ3v) is 5.72. The van der Waals surface area contributed by atoms with E-state index < -0.39 is 0 Å². The lowest BCUT2D eigenvalue weighted by Crippen LogP contribution is -2.23. The number of carbonyl (C=O) groups is 2. The molecule has 0 radical (unpaired) electrons. The van der Waals surface area contributed by atoms with Gasteiger partial charge in [0.05, 0.1) is 17.7 Å². The van der Waals surface area contributed by atoms with E-state index in [4.69, 9.17) is 4.74 Å². The monoisotopic (exact) mass is 416 g/mol. The molecule has 2 amide bonds. The number of thioether (sulfide) groups is 1. The van der Waals surface area contributed by atoms with Crippen LogP contribution in [0.4, 0.5) is 5.69 Å². The fourth-order valence-corrected chi connectivity index (χ4v) is 4.00. The molecule has 0 aliphatic carbocycles. The number of hydrogen-bond acceptors (Lipinski definition) is 4. The first-order chi connectivity index (χ1) is 14.6. The highest BCUT2D eigenvalue weighted by Crippen LogP contribution is 2.39. The number of nitrogens with one attached hydrogen (secondary N) is 2. The molecule has 5 nitrogen and oxygen atoms in total. The molecule has 0 saturated carbocycles. The number of rotatable bonds is 5. The zero-order valence-electron chi connectivity index (χ0n) is 16.3. The summed E-state index contributed by atoms with van der Waals surface area (Å²) >= 11 is 1.38. The van der Waals surface area contributed by atoms with Crippen molar-refractivity contribution in [2.24, 2.45) is 0 Å². The molecule has 1 heterocycles. The second-order valence-electron chi connectivity index (χ2n) is 6.72. The number of ether oxygens (including phenoxy) is 1. The Morgan fingerprint density at radius 3 is 2.70 bits per heavy atom. The van der Waals surface area contributed by atoms with Crippen molar-refractivity contribution >= 4 is 35.3 Å². The third-order valence-electron chi connectivity index (χ3n) is 4.62. The normalized spacial score (nSPS) is 14.0. The highest BCUT2D eigenvalue weighted by Gasteiger charge is 2.22. The summed E-state index contributed by atoms with van der Waals surface area (Å²) in [6.45, 7) is 0.450. The van der Waals surface area contributed by atoms with E-state index in [-0.39, 0.29) is 11.8 Å². The van der Waals surface area contributed by atoms with Gasteiger partial charge in [0.25, 0.3) is 11.8 Å². The molecular formula is C24H20N2O3S. The van der Waals surface area contributed by atoms with E-state index in [2.05, 4.69) is 10.6 Å². The third kappa shape index (κ3) is 4.55. The quantitative estimate of drug-likeness (QED) is 0.591. The van der Waals surface area contributed by atoms with Crippen LogP contribution in [0.1, 0.15) is 21.5 Å². The Kier molecular flexibility index (Phi) is 5.86. The molecule has 1 aliphatic rings. The van der Waals surface area contributed by atoms with Crippen LogP contribution in [0.3, 0.4) is 0 Å². The van der Waals surface area contributed by atoms with Crippen molar-refractivity contribution in [1.29, 1.82) is 0 Å². The van der Waals surface area contributed by atoms with Gasteiger partial charge in [-0.15, -0.1) is 0 Å². The van der Waals surface area contributed by atoms with Gasteiger partial charge in [-0.05, 0) is 47.5 Å². The van der Waals surface area contributed by atoms with Crippen molar-refractivity contribution in [3.05, 3.63) is 94.4 Å². The lowest BCUT2D eigenvalue weighted by Gasteiger charge is -2.19. The fourth-order valence-electron chi connectivity index (χ4n) is 3.06. The minimum Gasteiger partial charge on any atom is -0.497 e. The number of anilines is 1. The number of hydrogen-bond donors (Lipinski definition) is 2. The van der Waals surface area contributed by atoms with Crippen LogP contribution in [0.25, 0.3) is 6.08 Å². The van der Waals surface area contributed by atoms with Crippen molar-refractivity contribution in [3.63, 3.8) is 0 Å². The first-order valence-corrected chi connectivity index (χ1v) is 10.2. The van der Waals surface area contributed by atoms with Crippen molar-refractivity contribution in [3.8, 4) is 5.75 Å². The van der Waals surface area contributed by atoms with Crippen LogP contribution in [0.15, 0.2) is 82.6 Å². The van der Waals surface area contributed by atoms with Gasteiger partial charge in [0.15, 0.2) is 0 Å². The summed E-state index contributed by atoms with van der Waals surface area (Å²) in [5.74, 6) is 0.355. The zero-order valence-corrected chi connectivity index (χ0v) is 17.2. The number of fused-ring (bicyclic) bond motifs is 1. The zero-order chi connectivity index (χ0) is 20.9. The topological polar surface area (TPSA) is 67.4 Å². The second-order valence-corrected chi connectivity index (χ2v) is 7.80. The summed E-state index contributed by atoms with van der Waals surface area (Å²) in [7, 11) is 1.61. The van der Waals surface area contributed by atoms with Crippen LogP contribution in [0.5, 0.6) is 5.75 Å². The highest BCUT2D eigenvalue weighted by atomic mass is 32.2. The van der Waals surface area contributed by atoms with Gasteiger partial charge in [0, 0.05) is 17.0 Å². The van der Waals surface area contributed by atoms with Gasteiger partial charge in [-0.1, -0.05) is 54.2 Å². The largest absolute Gasteiger partial charge is 0.497 e. The number of methoxy groups -OCH3 is 1. The smallest absolute Gasteiger partial charge is 0.262 e. The van der Waals surface area contributed by atoms with Crippen molar-refractivity contribution in [1.82, 2.24) is 5.32 Å². The number of amides is 2. The van der Waals surface area contributed by atoms with Crippen LogP contribution in [0, 0.1) is 0 Å². The predicted molar refractivity (Wildman–Crippen MR) is 120 cm³/mol. The molecule has 3 aromatic rings. The molecular weight excluding hydrogens is 396 g/mol. The molecule has 0 unspecified atom stereocenters. The average molecular weight is 417 g/mol. The van der Waals surface area contributed by atoms with Gasteiger partial charge >= 0.3 is 0 Å². The summed E-state index contributed by atoms with van der Waals surface area (Å²) in [6, 6.07) is 22.6. The summed E-state index contributed by atoms with van der Waals surface area (Å²) in [5.41, 5.74) is 3.05. The first kappa shape index (κ1) is 19.8. The summed E-state index contributed by atoms with van der Waals surface area (Å²) in [6.07, 6.45) is 1.83. The van der Waals surface area contributed by atoms with Crippen molar-refractivity contribution in [2.75, 3.05) is 12.4 Å². The minimum absolute atomic E-state index is 0.182. The van der Waals surface area contributed by atoms with E-state index >= 15 is 0 Å². The molecule has 3 aromatic carbocycles. The van der Waals surface area contributed by atoms with E-state index in [9.17, 15) is 9.59 Å². The van der Waals surface area contributed by atoms with Gasteiger partial charge < -0.3 is 15.4 Å². The SMILES string of the molecule is COc1cccc(/C=C2/Sc3ccc(C(=O)NCc4ccccc4)cc3NC2=O)c1. The Morgan fingerprint density at radius 2 is 1.90 bits per heavy atom. The maximum atomic E-state index is 12.6. The predicted octanol–water partition coefficient (Wildman–Crippen LogP) is 4.71. The molecule has 150 valence electrons. The Balaban J connectivity index is 1.49. The van der Waals surface area contributed by atoms with Gasteiger partial charge in [-0.25, -0.2) is 0 Å². The molecule has 0 atom stereocenters. The van der Waals surface area contributed by atoms with Gasteiger partial charge in [-0.2, -0.15) is 0 Å². The molecule has 2 N–H and O–H groups in total.